The van der Waals surface area contributed by atoms with Crippen molar-refractivity contribution in [2.75, 3.05) is 16.0 Å². The minimum atomic E-state index is -0.376. The van der Waals surface area contributed by atoms with Crippen LogP contribution >= 0.6 is 11.6 Å². The third-order valence-corrected chi connectivity index (χ3v) is 4.42. The summed E-state index contributed by atoms with van der Waals surface area (Å²) in [5.41, 5.74) is 1.83. The van der Waals surface area contributed by atoms with Crippen molar-refractivity contribution in [1.29, 1.82) is 0 Å². The van der Waals surface area contributed by atoms with Gasteiger partial charge in [-0.3, -0.25) is 14.4 Å². The van der Waals surface area contributed by atoms with Crippen LogP contribution < -0.4 is 16.0 Å². The first kappa shape index (κ1) is 21.1. The van der Waals surface area contributed by atoms with Gasteiger partial charge in [0.2, 0.25) is 11.8 Å². The molecule has 0 bridgehead atoms. The lowest BCUT2D eigenvalue weighted by molar-refractivity contribution is -0.116. The number of aromatic nitrogens is 2. The number of benzene rings is 2. The van der Waals surface area contributed by atoms with Crippen molar-refractivity contribution in [3.05, 3.63) is 71.8 Å². The van der Waals surface area contributed by atoms with Gasteiger partial charge in [-0.1, -0.05) is 17.7 Å². The van der Waals surface area contributed by atoms with Crippen LogP contribution in [0.4, 0.5) is 17.1 Å². The highest BCUT2D eigenvalue weighted by Gasteiger charge is 2.11. The van der Waals surface area contributed by atoms with Gasteiger partial charge in [0, 0.05) is 49.2 Å². The monoisotopic (exact) mass is 425 g/mol. The topological polar surface area (TPSA) is 105 Å². The normalized spacial score (nSPS) is 10.3. The van der Waals surface area contributed by atoms with E-state index < -0.39 is 0 Å². The van der Waals surface area contributed by atoms with Crippen molar-refractivity contribution in [3.8, 4) is 0 Å². The Kier molecular flexibility index (Phi) is 6.82. The molecule has 2 aromatic carbocycles. The molecule has 154 valence electrons. The van der Waals surface area contributed by atoms with E-state index in [2.05, 4.69) is 20.9 Å². The highest BCUT2D eigenvalue weighted by Crippen LogP contribution is 2.26. The first-order valence-corrected chi connectivity index (χ1v) is 9.52. The molecule has 0 saturated carbocycles. The van der Waals surface area contributed by atoms with Crippen molar-refractivity contribution < 1.29 is 14.4 Å². The van der Waals surface area contributed by atoms with E-state index in [1.54, 1.807) is 61.2 Å². The molecule has 30 heavy (non-hydrogen) atoms. The summed E-state index contributed by atoms with van der Waals surface area (Å²) in [4.78, 5) is 39.8. The summed E-state index contributed by atoms with van der Waals surface area (Å²) in [5.74, 6) is -0.761. The minimum absolute atomic E-state index is 0.169. The molecule has 1 aromatic heterocycles. The second kappa shape index (κ2) is 9.71. The fraction of sp³-hybridized carbons (Fsp3) is 0.143. The van der Waals surface area contributed by atoms with Crippen molar-refractivity contribution in [3.63, 3.8) is 0 Å². The molecule has 0 aliphatic carbocycles. The summed E-state index contributed by atoms with van der Waals surface area (Å²) in [7, 11) is 0. The molecular formula is C21H20ClN5O3. The van der Waals surface area contributed by atoms with Gasteiger partial charge in [-0.05, 0) is 36.4 Å². The number of anilines is 3. The maximum absolute atomic E-state index is 12.6. The molecule has 0 radical (unpaired) electrons. The Balaban J connectivity index is 1.61. The Morgan fingerprint density at radius 1 is 1.03 bits per heavy atom. The zero-order valence-corrected chi connectivity index (χ0v) is 16.9. The Bertz CT molecular complexity index is 1070. The van der Waals surface area contributed by atoms with Gasteiger partial charge >= 0.3 is 0 Å². The van der Waals surface area contributed by atoms with Crippen molar-refractivity contribution in [1.82, 2.24) is 9.55 Å². The number of hydrogen-bond donors (Lipinski definition) is 3. The number of rotatable bonds is 7. The third-order valence-electron chi connectivity index (χ3n) is 4.10. The third kappa shape index (κ3) is 5.92. The second-order valence-electron chi connectivity index (χ2n) is 6.51. The smallest absolute Gasteiger partial charge is 0.255 e. The maximum atomic E-state index is 12.6. The average Bonchev–Trinajstić information content (AvgIpc) is 3.22. The molecule has 0 aliphatic heterocycles. The first-order valence-electron chi connectivity index (χ1n) is 9.15. The summed E-state index contributed by atoms with van der Waals surface area (Å²) >= 11 is 6.19. The molecule has 9 heteroatoms. The van der Waals surface area contributed by atoms with Gasteiger partial charge in [0.25, 0.3) is 5.91 Å². The number of hydrogen-bond acceptors (Lipinski definition) is 4. The second-order valence-corrected chi connectivity index (χ2v) is 6.92. The molecule has 3 N–H and O–H groups in total. The Morgan fingerprint density at radius 2 is 1.83 bits per heavy atom. The molecular weight excluding hydrogens is 406 g/mol. The van der Waals surface area contributed by atoms with E-state index in [4.69, 9.17) is 11.6 Å². The fourth-order valence-electron chi connectivity index (χ4n) is 2.70. The Hall–Kier alpha value is -3.65. The molecule has 0 atom stereocenters. The largest absolute Gasteiger partial charge is 0.337 e. The predicted molar refractivity (Wildman–Crippen MR) is 116 cm³/mol. The number of amides is 3. The van der Waals surface area contributed by atoms with Crippen LogP contribution in [0.2, 0.25) is 5.02 Å². The summed E-state index contributed by atoms with van der Waals surface area (Å²) < 4.78 is 1.81. The van der Waals surface area contributed by atoms with E-state index in [0.717, 1.165) is 0 Å². The van der Waals surface area contributed by atoms with Gasteiger partial charge in [-0.2, -0.15) is 0 Å². The number of halogens is 1. The summed E-state index contributed by atoms with van der Waals surface area (Å²) in [5, 5.41) is 8.42. The van der Waals surface area contributed by atoms with Gasteiger partial charge in [0.15, 0.2) is 0 Å². The summed E-state index contributed by atoms with van der Waals surface area (Å²) in [6, 6.07) is 11.4. The van der Waals surface area contributed by atoms with Gasteiger partial charge in [-0.25, -0.2) is 4.98 Å². The Morgan fingerprint density at radius 3 is 2.53 bits per heavy atom. The molecule has 0 spiro atoms. The lowest BCUT2D eigenvalue weighted by atomic mass is 10.1. The van der Waals surface area contributed by atoms with Gasteiger partial charge in [0.1, 0.15) is 0 Å². The molecule has 0 saturated heterocycles. The van der Waals surface area contributed by atoms with Crippen LogP contribution in [-0.2, 0) is 16.1 Å². The van der Waals surface area contributed by atoms with E-state index in [0.29, 0.717) is 34.2 Å². The average molecular weight is 426 g/mol. The van der Waals surface area contributed by atoms with Gasteiger partial charge < -0.3 is 20.5 Å². The number of carbonyl (C=O) groups is 3. The summed E-state index contributed by atoms with van der Waals surface area (Å²) in [6.45, 7) is 1.91. The van der Waals surface area contributed by atoms with Crippen LogP contribution in [0.25, 0.3) is 0 Å². The van der Waals surface area contributed by atoms with E-state index in [1.807, 2.05) is 4.57 Å². The fourth-order valence-corrected chi connectivity index (χ4v) is 2.93. The molecule has 0 fully saturated rings. The number of aryl methyl sites for hydroxylation is 1. The van der Waals surface area contributed by atoms with E-state index in [-0.39, 0.29) is 24.1 Å². The van der Waals surface area contributed by atoms with Crippen LogP contribution in [0.5, 0.6) is 0 Å². The van der Waals surface area contributed by atoms with Crippen LogP contribution in [-0.4, -0.2) is 27.3 Å². The molecule has 1 heterocycles. The lowest BCUT2D eigenvalue weighted by Gasteiger charge is -2.11. The Labute approximate surface area is 178 Å². The van der Waals surface area contributed by atoms with Crippen LogP contribution in [0, 0.1) is 0 Å². The van der Waals surface area contributed by atoms with Crippen molar-refractivity contribution >= 4 is 46.4 Å². The standard InChI is InChI=1S/C21H20ClN5O3/c1-14(28)24-17-5-6-19(18(22)12-17)26-21(30)15-3-2-4-16(11-15)25-20(29)7-9-27-10-8-23-13-27/h2-6,8,10-13H,7,9H2,1H3,(H,24,28)(H,25,29)(H,26,30). The number of nitrogens with zero attached hydrogens (tertiary/aromatic N) is 2. The van der Waals surface area contributed by atoms with E-state index in [9.17, 15) is 14.4 Å². The van der Waals surface area contributed by atoms with Crippen molar-refractivity contribution in [2.45, 2.75) is 19.9 Å². The SMILES string of the molecule is CC(=O)Nc1ccc(NC(=O)c2cccc(NC(=O)CCn3ccnc3)c2)c(Cl)c1. The van der Waals surface area contributed by atoms with E-state index in [1.165, 1.54) is 6.92 Å². The van der Waals surface area contributed by atoms with Crippen molar-refractivity contribution in [2.24, 2.45) is 0 Å². The highest BCUT2D eigenvalue weighted by molar-refractivity contribution is 6.34. The molecule has 0 unspecified atom stereocenters. The molecule has 8 nitrogen and oxygen atoms in total. The highest BCUT2D eigenvalue weighted by atomic mass is 35.5. The quantitative estimate of drug-likeness (QED) is 0.535. The van der Waals surface area contributed by atoms with Crippen LogP contribution in [0.3, 0.4) is 0 Å². The summed E-state index contributed by atoms with van der Waals surface area (Å²) in [6.07, 6.45) is 5.36. The molecule has 3 amide bonds. The number of imidazole rings is 1. The molecule has 3 rings (SSSR count). The predicted octanol–water partition coefficient (Wildman–Crippen LogP) is 3.78. The minimum Gasteiger partial charge on any atom is -0.337 e. The van der Waals surface area contributed by atoms with E-state index >= 15 is 0 Å². The van der Waals surface area contributed by atoms with Crippen LogP contribution in [0.15, 0.2) is 61.2 Å². The van der Waals surface area contributed by atoms with Gasteiger partial charge in [-0.15, -0.1) is 0 Å². The maximum Gasteiger partial charge on any atom is 0.255 e. The zero-order chi connectivity index (χ0) is 21.5. The number of nitrogens with one attached hydrogen (secondary N) is 3. The molecule has 0 aliphatic rings. The number of carbonyl (C=O) groups excluding carboxylic acids is 3. The zero-order valence-electron chi connectivity index (χ0n) is 16.2. The van der Waals surface area contributed by atoms with Gasteiger partial charge in [0.05, 0.1) is 17.0 Å². The van der Waals surface area contributed by atoms with Crippen LogP contribution in [0.1, 0.15) is 23.7 Å². The lowest BCUT2D eigenvalue weighted by Crippen LogP contribution is -2.16. The molecule has 3 aromatic rings. The first-order chi connectivity index (χ1) is 14.4.